The Morgan fingerprint density at radius 3 is 2.65 bits per heavy atom. The standard InChI is InChI=1S/C15H20N2/c1-11-5-7-13-9-12(6-8-14(13)17-11)10-15(2,3)16-4/h5-9,16H,10H2,1-4H3. The molecule has 1 N–H and O–H groups in total. The Kier molecular flexibility index (Phi) is 3.16. The smallest absolute Gasteiger partial charge is 0.0705 e. The monoisotopic (exact) mass is 228 g/mol. The van der Waals surface area contributed by atoms with Crippen molar-refractivity contribution in [3.8, 4) is 0 Å². The Morgan fingerprint density at radius 2 is 1.94 bits per heavy atom. The quantitative estimate of drug-likeness (QED) is 0.873. The summed E-state index contributed by atoms with van der Waals surface area (Å²) in [5.74, 6) is 0. The number of nitrogens with zero attached hydrogens (tertiary/aromatic N) is 1. The Hall–Kier alpha value is -1.41. The minimum absolute atomic E-state index is 0.131. The van der Waals surface area contributed by atoms with E-state index in [1.807, 2.05) is 14.0 Å². The van der Waals surface area contributed by atoms with Gasteiger partial charge in [0.2, 0.25) is 0 Å². The third kappa shape index (κ3) is 2.83. The van der Waals surface area contributed by atoms with Crippen molar-refractivity contribution in [2.45, 2.75) is 32.7 Å². The van der Waals surface area contributed by atoms with Crippen LogP contribution >= 0.6 is 0 Å². The zero-order chi connectivity index (χ0) is 12.5. The van der Waals surface area contributed by atoms with E-state index in [9.17, 15) is 0 Å². The van der Waals surface area contributed by atoms with Crippen LogP contribution in [0.1, 0.15) is 25.1 Å². The molecule has 0 saturated carbocycles. The fourth-order valence-corrected chi connectivity index (χ4v) is 1.99. The number of aryl methyl sites for hydroxylation is 1. The number of benzene rings is 1. The highest BCUT2D eigenvalue weighted by Crippen LogP contribution is 2.18. The lowest BCUT2D eigenvalue weighted by Gasteiger charge is -2.24. The zero-order valence-electron chi connectivity index (χ0n) is 11.0. The van der Waals surface area contributed by atoms with E-state index in [0.29, 0.717) is 0 Å². The largest absolute Gasteiger partial charge is 0.314 e. The number of nitrogens with one attached hydrogen (secondary N) is 1. The van der Waals surface area contributed by atoms with Crippen LogP contribution in [0.3, 0.4) is 0 Å². The Morgan fingerprint density at radius 1 is 1.18 bits per heavy atom. The molecule has 0 aliphatic carbocycles. The van der Waals surface area contributed by atoms with Crippen molar-refractivity contribution < 1.29 is 0 Å². The number of rotatable bonds is 3. The van der Waals surface area contributed by atoms with Gasteiger partial charge in [-0.05, 0) is 58.0 Å². The molecular formula is C15H20N2. The van der Waals surface area contributed by atoms with E-state index >= 15 is 0 Å². The Labute approximate surface area is 103 Å². The minimum atomic E-state index is 0.131. The summed E-state index contributed by atoms with van der Waals surface area (Å²) < 4.78 is 0. The van der Waals surface area contributed by atoms with Crippen molar-refractivity contribution in [3.05, 3.63) is 41.6 Å². The highest BCUT2D eigenvalue weighted by molar-refractivity contribution is 5.79. The zero-order valence-corrected chi connectivity index (χ0v) is 11.0. The number of hydrogen-bond donors (Lipinski definition) is 1. The molecule has 2 heteroatoms. The third-order valence-electron chi connectivity index (χ3n) is 3.22. The van der Waals surface area contributed by atoms with Crippen LogP contribution in [0.4, 0.5) is 0 Å². The third-order valence-corrected chi connectivity index (χ3v) is 3.22. The maximum Gasteiger partial charge on any atom is 0.0705 e. The summed E-state index contributed by atoms with van der Waals surface area (Å²) in [6.07, 6.45) is 1.02. The van der Waals surface area contributed by atoms with Gasteiger partial charge < -0.3 is 5.32 Å². The molecule has 2 rings (SSSR count). The summed E-state index contributed by atoms with van der Waals surface area (Å²) in [4.78, 5) is 4.52. The van der Waals surface area contributed by atoms with Crippen LogP contribution in [0.5, 0.6) is 0 Å². The molecule has 0 amide bonds. The van der Waals surface area contributed by atoms with Gasteiger partial charge in [0, 0.05) is 16.6 Å². The number of likely N-dealkylation sites (N-methyl/N-ethyl adjacent to an activating group) is 1. The van der Waals surface area contributed by atoms with Gasteiger partial charge in [-0.3, -0.25) is 4.98 Å². The van der Waals surface area contributed by atoms with Crippen LogP contribution in [0.2, 0.25) is 0 Å². The maximum absolute atomic E-state index is 4.52. The first-order valence-electron chi connectivity index (χ1n) is 6.05. The van der Waals surface area contributed by atoms with Crippen molar-refractivity contribution in [2.75, 3.05) is 7.05 Å². The molecule has 17 heavy (non-hydrogen) atoms. The predicted molar refractivity (Wildman–Crippen MR) is 73.3 cm³/mol. The lowest BCUT2D eigenvalue weighted by molar-refractivity contribution is 0.422. The Bertz CT molecular complexity index is 529. The fourth-order valence-electron chi connectivity index (χ4n) is 1.99. The second-order valence-electron chi connectivity index (χ2n) is 5.29. The van der Waals surface area contributed by atoms with Gasteiger partial charge in [0.25, 0.3) is 0 Å². The molecule has 90 valence electrons. The van der Waals surface area contributed by atoms with E-state index in [0.717, 1.165) is 17.6 Å². The molecular weight excluding hydrogens is 208 g/mol. The molecule has 0 radical (unpaired) electrons. The lowest BCUT2D eigenvalue weighted by Crippen LogP contribution is -2.38. The minimum Gasteiger partial charge on any atom is -0.314 e. The maximum atomic E-state index is 4.52. The summed E-state index contributed by atoms with van der Waals surface area (Å²) >= 11 is 0. The highest BCUT2D eigenvalue weighted by Gasteiger charge is 2.15. The molecule has 0 unspecified atom stereocenters. The van der Waals surface area contributed by atoms with Crippen LogP contribution in [0.25, 0.3) is 10.9 Å². The Balaban J connectivity index is 2.35. The van der Waals surface area contributed by atoms with E-state index in [4.69, 9.17) is 0 Å². The van der Waals surface area contributed by atoms with Crippen molar-refractivity contribution in [3.63, 3.8) is 0 Å². The predicted octanol–water partition coefficient (Wildman–Crippen LogP) is 3.08. The molecule has 2 aromatic rings. The summed E-state index contributed by atoms with van der Waals surface area (Å²) in [5, 5.41) is 4.55. The van der Waals surface area contributed by atoms with Gasteiger partial charge in [0.05, 0.1) is 5.52 Å². The van der Waals surface area contributed by atoms with Gasteiger partial charge >= 0.3 is 0 Å². The number of hydrogen-bond acceptors (Lipinski definition) is 2. The molecule has 0 aliphatic rings. The molecule has 0 bridgehead atoms. The summed E-state index contributed by atoms with van der Waals surface area (Å²) in [7, 11) is 2.01. The van der Waals surface area contributed by atoms with Gasteiger partial charge in [-0.2, -0.15) is 0 Å². The molecule has 0 atom stereocenters. The van der Waals surface area contributed by atoms with Crippen LogP contribution in [0, 0.1) is 6.92 Å². The second kappa shape index (κ2) is 4.46. The highest BCUT2D eigenvalue weighted by atomic mass is 14.9. The summed E-state index contributed by atoms with van der Waals surface area (Å²) in [6, 6.07) is 10.7. The lowest BCUT2D eigenvalue weighted by atomic mass is 9.94. The van der Waals surface area contributed by atoms with Crippen LogP contribution in [-0.4, -0.2) is 17.6 Å². The van der Waals surface area contributed by atoms with Crippen molar-refractivity contribution >= 4 is 10.9 Å². The second-order valence-corrected chi connectivity index (χ2v) is 5.29. The van der Waals surface area contributed by atoms with E-state index in [2.05, 4.69) is 54.5 Å². The molecule has 2 nitrogen and oxygen atoms in total. The SMILES string of the molecule is CNC(C)(C)Cc1ccc2nc(C)ccc2c1. The topological polar surface area (TPSA) is 24.9 Å². The van der Waals surface area contributed by atoms with Crippen LogP contribution in [0.15, 0.2) is 30.3 Å². The fraction of sp³-hybridized carbons (Fsp3) is 0.400. The number of fused-ring (bicyclic) bond motifs is 1. The summed E-state index contributed by atoms with van der Waals surface area (Å²) in [5.41, 5.74) is 3.63. The van der Waals surface area contributed by atoms with E-state index in [-0.39, 0.29) is 5.54 Å². The molecule has 0 saturated heterocycles. The average Bonchev–Trinajstić information content (AvgIpc) is 2.29. The van der Waals surface area contributed by atoms with Gasteiger partial charge in [-0.15, -0.1) is 0 Å². The molecule has 0 fully saturated rings. The van der Waals surface area contributed by atoms with Gasteiger partial charge in [0.15, 0.2) is 0 Å². The molecule has 1 aromatic heterocycles. The van der Waals surface area contributed by atoms with Crippen molar-refractivity contribution in [1.82, 2.24) is 10.3 Å². The normalized spacial score (nSPS) is 12.0. The van der Waals surface area contributed by atoms with Gasteiger partial charge in [-0.25, -0.2) is 0 Å². The van der Waals surface area contributed by atoms with Crippen LogP contribution < -0.4 is 5.32 Å². The van der Waals surface area contributed by atoms with E-state index in [1.165, 1.54) is 10.9 Å². The number of aromatic nitrogens is 1. The van der Waals surface area contributed by atoms with Gasteiger partial charge in [-0.1, -0.05) is 12.1 Å². The molecule has 1 heterocycles. The van der Waals surface area contributed by atoms with Crippen molar-refractivity contribution in [2.24, 2.45) is 0 Å². The average molecular weight is 228 g/mol. The first kappa shape index (κ1) is 12.1. The first-order valence-corrected chi connectivity index (χ1v) is 6.05. The van der Waals surface area contributed by atoms with Crippen LogP contribution in [-0.2, 0) is 6.42 Å². The number of pyridine rings is 1. The summed E-state index contributed by atoms with van der Waals surface area (Å²) in [6.45, 7) is 6.45. The molecule has 0 spiro atoms. The first-order chi connectivity index (χ1) is 8.00. The van der Waals surface area contributed by atoms with E-state index < -0.39 is 0 Å². The van der Waals surface area contributed by atoms with E-state index in [1.54, 1.807) is 0 Å². The van der Waals surface area contributed by atoms with Crippen molar-refractivity contribution in [1.29, 1.82) is 0 Å². The molecule has 0 aliphatic heterocycles. The van der Waals surface area contributed by atoms with Gasteiger partial charge in [0.1, 0.15) is 0 Å². The molecule has 1 aromatic carbocycles.